The van der Waals surface area contributed by atoms with Crippen molar-refractivity contribution in [2.75, 3.05) is 6.54 Å². The first-order chi connectivity index (χ1) is 9.33. The van der Waals surface area contributed by atoms with E-state index >= 15 is 0 Å². The van der Waals surface area contributed by atoms with Crippen molar-refractivity contribution in [1.82, 2.24) is 5.32 Å². The van der Waals surface area contributed by atoms with Crippen LogP contribution in [-0.2, 0) is 0 Å². The van der Waals surface area contributed by atoms with Crippen molar-refractivity contribution in [1.29, 1.82) is 0 Å². The molecule has 1 aromatic rings. The zero-order valence-electron chi connectivity index (χ0n) is 11.5. The highest BCUT2D eigenvalue weighted by Crippen LogP contribution is 2.22. The van der Waals surface area contributed by atoms with Crippen molar-refractivity contribution >= 4 is 23.2 Å². The molecule has 0 unspecified atom stereocenters. The summed E-state index contributed by atoms with van der Waals surface area (Å²) in [6.07, 6.45) is 1.39. The number of amides is 1. The van der Waals surface area contributed by atoms with Gasteiger partial charge in [0.25, 0.3) is 11.6 Å². The Morgan fingerprint density at radius 3 is 2.55 bits per heavy atom. The van der Waals surface area contributed by atoms with E-state index < -0.39 is 16.4 Å². The second-order valence-electron chi connectivity index (χ2n) is 4.67. The number of nitro groups is 1. The van der Waals surface area contributed by atoms with Crippen molar-refractivity contribution in [2.45, 2.75) is 32.2 Å². The monoisotopic (exact) mass is 299 g/mol. The van der Waals surface area contributed by atoms with Gasteiger partial charge in [0.1, 0.15) is 5.56 Å². The molecule has 0 saturated carbocycles. The zero-order chi connectivity index (χ0) is 15.3. The number of nitrogens with zero attached hydrogens (tertiary/aromatic N) is 1. The maximum Gasteiger partial charge on any atom is 0.282 e. The molecule has 3 N–H and O–H groups in total. The first-order valence-electron chi connectivity index (χ1n) is 6.34. The van der Waals surface area contributed by atoms with Gasteiger partial charge in [0.05, 0.1) is 4.92 Å². The number of nitrogens with two attached hydrogens (primary N) is 1. The number of hydrogen-bond donors (Lipinski definition) is 2. The number of benzene rings is 1. The summed E-state index contributed by atoms with van der Waals surface area (Å²) in [6.45, 7) is 4.11. The predicted octanol–water partition coefficient (Wildman–Crippen LogP) is 2.50. The fourth-order valence-electron chi connectivity index (χ4n) is 1.70. The Labute approximate surface area is 122 Å². The molecule has 0 bridgehead atoms. The van der Waals surface area contributed by atoms with Crippen LogP contribution < -0.4 is 11.1 Å². The highest BCUT2D eigenvalue weighted by atomic mass is 35.5. The molecule has 0 spiro atoms. The van der Waals surface area contributed by atoms with E-state index in [1.807, 2.05) is 13.8 Å². The minimum atomic E-state index is -0.611. The Bertz CT molecular complexity index is 516. The fraction of sp³-hybridized carbons (Fsp3) is 0.462. The van der Waals surface area contributed by atoms with Gasteiger partial charge in [0, 0.05) is 23.2 Å². The summed E-state index contributed by atoms with van der Waals surface area (Å²) in [6, 6.07) is 3.87. The van der Waals surface area contributed by atoms with Crippen molar-refractivity contribution in [3.05, 3.63) is 38.9 Å². The highest BCUT2D eigenvalue weighted by Gasteiger charge is 2.24. The molecule has 6 nitrogen and oxygen atoms in total. The molecule has 0 heterocycles. The normalized spacial score (nSPS) is 11.2. The smallest absolute Gasteiger partial charge is 0.282 e. The number of nitrogens with one attached hydrogen (secondary N) is 1. The molecule has 0 aliphatic rings. The molecule has 0 fully saturated rings. The third-order valence-electron chi connectivity index (χ3n) is 3.41. The summed E-state index contributed by atoms with van der Waals surface area (Å²) in [7, 11) is 0. The summed E-state index contributed by atoms with van der Waals surface area (Å²) < 4.78 is 0. The lowest BCUT2D eigenvalue weighted by atomic mass is 9.94. The summed E-state index contributed by atoms with van der Waals surface area (Å²) in [5, 5.41) is 13.8. The quantitative estimate of drug-likeness (QED) is 0.623. The van der Waals surface area contributed by atoms with Gasteiger partial charge in [-0.15, -0.1) is 0 Å². The number of carbonyl (C=O) groups is 1. The number of halogens is 1. The second-order valence-corrected chi connectivity index (χ2v) is 5.11. The minimum Gasteiger partial charge on any atom is -0.350 e. The number of nitro benzene ring substituents is 1. The first kappa shape index (κ1) is 16.4. The largest absolute Gasteiger partial charge is 0.350 e. The molecular weight excluding hydrogens is 282 g/mol. The van der Waals surface area contributed by atoms with Crippen LogP contribution in [0.1, 0.15) is 37.0 Å². The third kappa shape index (κ3) is 3.91. The zero-order valence-corrected chi connectivity index (χ0v) is 12.2. The van der Waals surface area contributed by atoms with Crippen LogP contribution in [0.4, 0.5) is 5.69 Å². The van der Waals surface area contributed by atoms with E-state index in [2.05, 4.69) is 5.32 Å². The average molecular weight is 300 g/mol. The van der Waals surface area contributed by atoms with E-state index in [0.29, 0.717) is 12.8 Å². The van der Waals surface area contributed by atoms with Crippen LogP contribution in [0.15, 0.2) is 18.2 Å². The lowest BCUT2D eigenvalue weighted by Gasteiger charge is -2.26. The molecule has 110 valence electrons. The van der Waals surface area contributed by atoms with Crippen molar-refractivity contribution in [2.24, 2.45) is 5.73 Å². The Morgan fingerprint density at radius 1 is 1.45 bits per heavy atom. The SMILES string of the molecule is CCC(N)(CC)CNC(=O)c1cc(Cl)ccc1[N+](=O)[O-]. The average Bonchev–Trinajstić information content (AvgIpc) is 2.43. The van der Waals surface area contributed by atoms with Crippen LogP contribution in [0, 0.1) is 10.1 Å². The van der Waals surface area contributed by atoms with Crippen molar-refractivity contribution in [3.63, 3.8) is 0 Å². The third-order valence-corrected chi connectivity index (χ3v) is 3.64. The molecule has 1 rings (SSSR count). The molecule has 1 aromatic carbocycles. The lowest BCUT2D eigenvalue weighted by Crippen LogP contribution is -2.49. The molecule has 20 heavy (non-hydrogen) atoms. The Kier molecular flexibility index (Phi) is 5.47. The lowest BCUT2D eigenvalue weighted by molar-refractivity contribution is -0.385. The van der Waals surface area contributed by atoms with E-state index in [0.717, 1.165) is 0 Å². The summed E-state index contributed by atoms with van der Waals surface area (Å²) in [5.41, 5.74) is 5.23. The molecule has 7 heteroatoms. The summed E-state index contributed by atoms with van der Waals surface area (Å²) in [4.78, 5) is 22.4. The molecule has 1 amide bonds. The van der Waals surface area contributed by atoms with Crippen LogP contribution in [0.2, 0.25) is 5.02 Å². The van der Waals surface area contributed by atoms with E-state index in [9.17, 15) is 14.9 Å². The molecule has 0 atom stereocenters. The van der Waals surface area contributed by atoms with Crippen LogP contribution in [-0.4, -0.2) is 22.9 Å². The van der Waals surface area contributed by atoms with E-state index in [-0.39, 0.29) is 22.8 Å². The maximum absolute atomic E-state index is 12.1. The number of hydrogen-bond acceptors (Lipinski definition) is 4. The van der Waals surface area contributed by atoms with Crippen LogP contribution in [0.5, 0.6) is 0 Å². The molecule has 0 aromatic heterocycles. The molecule has 0 aliphatic carbocycles. The number of carbonyl (C=O) groups excluding carboxylic acids is 1. The molecule has 0 radical (unpaired) electrons. The van der Waals surface area contributed by atoms with Gasteiger partial charge in [-0.1, -0.05) is 25.4 Å². The summed E-state index contributed by atoms with van der Waals surface area (Å²) in [5.74, 6) is -0.545. The Morgan fingerprint density at radius 2 is 2.05 bits per heavy atom. The summed E-state index contributed by atoms with van der Waals surface area (Å²) >= 11 is 5.78. The van der Waals surface area contributed by atoms with Crippen LogP contribution in [0.25, 0.3) is 0 Å². The van der Waals surface area contributed by atoms with Crippen LogP contribution >= 0.6 is 11.6 Å². The van der Waals surface area contributed by atoms with Crippen molar-refractivity contribution < 1.29 is 9.72 Å². The molecule has 0 aliphatic heterocycles. The second kappa shape index (κ2) is 6.67. The van der Waals surface area contributed by atoms with Gasteiger partial charge in [0.2, 0.25) is 0 Å². The molecule has 0 saturated heterocycles. The van der Waals surface area contributed by atoms with Gasteiger partial charge in [-0.2, -0.15) is 0 Å². The van der Waals surface area contributed by atoms with Gasteiger partial charge in [-0.3, -0.25) is 14.9 Å². The van der Waals surface area contributed by atoms with E-state index in [1.165, 1.54) is 18.2 Å². The Hall–Kier alpha value is -1.66. The van der Waals surface area contributed by atoms with Gasteiger partial charge in [0.15, 0.2) is 0 Å². The number of rotatable bonds is 6. The maximum atomic E-state index is 12.1. The standard InChI is InChI=1S/C13H18ClN3O3/c1-3-13(15,4-2)8-16-12(18)10-7-9(14)5-6-11(10)17(19)20/h5-7H,3-4,8,15H2,1-2H3,(H,16,18). The topological polar surface area (TPSA) is 98.3 Å². The predicted molar refractivity (Wildman–Crippen MR) is 77.9 cm³/mol. The van der Waals surface area contributed by atoms with Gasteiger partial charge in [-0.25, -0.2) is 0 Å². The minimum absolute atomic E-state index is 0.0583. The highest BCUT2D eigenvalue weighted by molar-refractivity contribution is 6.31. The van der Waals surface area contributed by atoms with Crippen LogP contribution in [0.3, 0.4) is 0 Å². The Balaban J connectivity index is 2.93. The van der Waals surface area contributed by atoms with E-state index in [4.69, 9.17) is 17.3 Å². The first-order valence-corrected chi connectivity index (χ1v) is 6.71. The fourth-order valence-corrected chi connectivity index (χ4v) is 1.87. The van der Waals surface area contributed by atoms with E-state index in [1.54, 1.807) is 0 Å². The van der Waals surface area contributed by atoms with Gasteiger partial charge < -0.3 is 11.1 Å². The van der Waals surface area contributed by atoms with Gasteiger partial charge >= 0.3 is 0 Å². The molecular formula is C13H18ClN3O3. The van der Waals surface area contributed by atoms with Crippen molar-refractivity contribution in [3.8, 4) is 0 Å². The van der Waals surface area contributed by atoms with Gasteiger partial charge in [-0.05, 0) is 25.0 Å².